The molecular formula is C11H22O2. The largest absolute Gasteiger partial charge is 0.378 e. The van der Waals surface area contributed by atoms with Gasteiger partial charge in [-0.3, -0.25) is 0 Å². The van der Waals surface area contributed by atoms with Crippen molar-refractivity contribution in [2.24, 2.45) is 5.92 Å². The minimum atomic E-state index is 0.420. The van der Waals surface area contributed by atoms with Crippen LogP contribution in [0.25, 0.3) is 0 Å². The Balaban J connectivity index is 1.93. The Labute approximate surface area is 81.6 Å². The molecule has 0 bridgehead atoms. The third kappa shape index (κ3) is 5.27. The Hall–Kier alpha value is -0.0800. The number of epoxide rings is 1. The second-order valence-electron chi connectivity index (χ2n) is 3.91. The number of hydrogen-bond donors (Lipinski definition) is 0. The van der Waals surface area contributed by atoms with Gasteiger partial charge in [0.05, 0.1) is 13.2 Å². The van der Waals surface area contributed by atoms with Crippen LogP contribution in [0.5, 0.6) is 0 Å². The zero-order valence-corrected chi connectivity index (χ0v) is 8.92. The molecule has 0 aromatic carbocycles. The summed E-state index contributed by atoms with van der Waals surface area (Å²) < 4.78 is 10.7. The van der Waals surface area contributed by atoms with E-state index in [4.69, 9.17) is 9.47 Å². The molecule has 0 aromatic rings. The minimum absolute atomic E-state index is 0.420. The van der Waals surface area contributed by atoms with Crippen LogP contribution in [0.3, 0.4) is 0 Å². The van der Waals surface area contributed by atoms with Gasteiger partial charge in [-0.25, -0.2) is 0 Å². The van der Waals surface area contributed by atoms with Crippen LogP contribution >= 0.6 is 0 Å². The quantitative estimate of drug-likeness (QED) is 0.543. The second-order valence-corrected chi connectivity index (χ2v) is 3.91. The standard InChI is InChI=1S/C11H22O2/c1-3-5-6-10(4-2)7-12-8-11-9-13-11/h10-11H,3-9H2,1-2H3/t10-,11+/m0/s1. The number of hydrogen-bond acceptors (Lipinski definition) is 2. The molecule has 78 valence electrons. The molecule has 1 heterocycles. The lowest BCUT2D eigenvalue weighted by Gasteiger charge is -2.13. The van der Waals surface area contributed by atoms with Crippen molar-refractivity contribution in [3.63, 3.8) is 0 Å². The van der Waals surface area contributed by atoms with E-state index in [-0.39, 0.29) is 0 Å². The van der Waals surface area contributed by atoms with Crippen LogP contribution in [0.1, 0.15) is 39.5 Å². The molecule has 0 radical (unpaired) electrons. The van der Waals surface area contributed by atoms with Crippen molar-refractivity contribution in [1.29, 1.82) is 0 Å². The maximum atomic E-state index is 5.58. The Morgan fingerprint density at radius 3 is 2.77 bits per heavy atom. The van der Waals surface area contributed by atoms with Gasteiger partial charge in [0.2, 0.25) is 0 Å². The lowest BCUT2D eigenvalue weighted by Crippen LogP contribution is -2.11. The predicted octanol–water partition coefficient (Wildman–Crippen LogP) is 2.62. The van der Waals surface area contributed by atoms with Crippen LogP contribution in [-0.2, 0) is 9.47 Å². The first kappa shape index (κ1) is 11.0. The topological polar surface area (TPSA) is 21.8 Å². The van der Waals surface area contributed by atoms with Crippen molar-refractivity contribution in [1.82, 2.24) is 0 Å². The zero-order valence-electron chi connectivity index (χ0n) is 8.92. The summed E-state index contributed by atoms with van der Waals surface area (Å²) in [6.07, 6.45) is 5.61. The van der Waals surface area contributed by atoms with Gasteiger partial charge in [-0.2, -0.15) is 0 Å². The molecule has 1 rings (SSSR count). The first-order valence-corrected chi connectivity index (χ1v) is 5.56. The van der Waals surface area contributed by atoms with Gasteiger partial charge in [-0.05, 0) is 12.3 Å². The predicted molar refractivity (Wildman–Crippen MR) is 53.9 cm³/mol. The van der Waals surface area contributed by atoms with Gasteiger partial charge < -0.3 is 9.47 Å². The van der Waals surface area contributed by atoms with E-state index in [2.05, 4.69) is 13.8 Å². The van der Waals surface area contributed by atoms with Gasteiger partial charge in [-0.1, -0.05) is 33.1 Å². The van der Waals surface area contributed by atoms with Crippen molar-refractivity contribution in [3.05, 3.63) is 0 Å². The molecule has 0 amide bonds. The smallest absolute Gasteiger partial charge is 0.104 e. The van der Waals surface area contributed by atoms with Gasteiger partial charge in [0.1, 0.15) is 6.10 Å². The maximum Gasteiger partial charge on any atom is 0.104 e. The van der Waals surface area contributed by atoms with E-state index in [0.717, 1.165) is 25.7 Å². The molecule has 1 fully saturated rings. The van der Waals surface area contributed by atoms with Crippen molar-refractivity contribution in [3.8, 4) is 0 Å². The third-order valence-electron chi connectivity index (χ3n) is 2.60. The average molecular weight is 186 g/mol. The van der Waals surface area contributed by atoms with Crippen LogP contribution in [-0.4, -0.2) is 25.9 Å². The summed E-state index contributed by atoms with van der Waals surface area (Å²) in [7, 11) is 0. The summed E-state index contributed by atoms with van der Waals surface area (Å²) in [5.41, 5.74) is 0. The molecular weight excluding hydrogens is 164 g/mol. The van der Waals surface area contributed by atoms with Crippen LogP contribution in [0.15, 0.2) is 0 Å². The lowest BCUT2D eigenvalue weighted by molar-refractivity contribution is 0.0813. The average Bonchev–Trinajstić information content (AvgIpc) is 2.94. The van der Waals surface area contributed by atoms with E-state index in [1.165, 1.54) is 25.7 Å². The van der Waals surface area contributed by atoms with Crippen molar-refractivity contribution in [2.75, 3.05) is 19.8 Å². The van der Waals surface area contributed by atoms with Gasteiger partial charge in [0.15, 0.2) is 0 Å². The molecule has 13 heavy (non-hydrogen) atoms. The highest BCUT2D eigenvalue weighted by atomic mass is 16.6. The normalized spacial score (nSPS) is 23.1. The molecule has 1 aliphatic heterocycles. The lowest BCUT2D eigenvalue weighted by atomic mass is 10.0. The number of rotatable bonds is 8. The monoisotopic (exact) mass is 186 g/mol. The fourth-order valence-corrected chi connectivity index (χ4v) is 1.43. The van der Waals surface area contributed by atoms with Crippen molar-refractivity contribution in [2.45, 2.75) is 45.6 Å². The molecule has 1 aliphatic rings. The van der Waals surface area contributed by atoms with Crippen LogP contribution in [0.2, 0.25) is 0 Å². The Morgan fingerprint density at radius 1 is 1.46 bits per heavy atom. The van der Waals surface area contributed by atoms with E-state index >= 15 is 0 Å². The van der Waals surface area contributed by atoms with Crippen molar-refractivity contribution >= 4 is 0 Å². The Morgan fingerprint density at radius 2 is 2.23 bits per heavy atom. The molecule has 2 nitrogen and oxygen atoms in total. The summed E-state index contributed by atoms with van der Waals surface area (Å²) >= 11 is 0. The highest BCUT2D eigenvalue weighted by Gasteiger charge is 2.22. The maximum absolute atomic E-state index is 5.58. The fourth-order valence-electron chi connectivity index (χ4n) is 1.43. The summed E-state index contributed by atoms with van der Waals surface area (Å²) in [5.74, 6) is 0.763. The second kappa shape index (κ2) is 6.39. The van der Waals surface area contributed by atoms with Crippen molar-refractivity contribution < 1.29 is 9.47 Å². The van der Waals surface area contributed by atoms with E-state index in [9.17, 15) is 0 Å². The van der Waals surface area contributed by atoms with E-state index in [1.807, 2.05) is 0 Å². The molecule has 0 spiro atoms. The summed E-state index contributed by atoms with van der Waals surface area (Å²) in [6, 6.07) is 0. The first-order chi connectivity index (χ1) is 6.36. The zero-order chi connectivity index (χ0) is 9.52. The van der Waals surface area contributed by atoms with Crippen LogP contribution in [0.4, 0.5) is 0 Å². The van der Waals surface area contributed by atoms with Crippen LogP contribution in [0, 0.1) is 5.92 Å². The van der Waals surface area contributed by atoms with Gasteiger partial charge in [0.25, 0.3) is 0 Å². The fraction of sp³-hybridized carbons (Fsp3) is 1.00. The third-order valence-corrected chi connectivity index (χ3v) is 2.60. The summed E-state index contributed by atoms with van der Waals surface area (Å²) in [6.45, 7) is 7.13. The molecule has 0 N–H and O–H groups in total. The highest BCUT2D eigenvalue weighted by Crippen LogP contribution is 2.14. The molecule has 2 atom stereocenters. The van der Waals surface area contributed by atoms with E-state index < -0.39 is 0 Å². The van der Waals surface area contributed by atoms with E-state index in [0.29, 0.717) is 6.10 Å². The molecule has 1 saturated heterocycles. The highest BCUT2D eigenvalue weighted by molar-refractivity contribution is 4.67. The van der Waals surface area contributed by atoms with E-state index in [1.54, 1.807) is 0 Å². The molecule has 2 heteroatoms. The molecule has 0 saturated carbocycles. The van der Waals surface area contributed by atoms with Gasteiger partial charge in [0, 0.05) is 6.61 Å². The van der Waals surface area contributed by atoms with Gasteiger partial charge >= 0.3 is 0 Å². The van der Waals surface area contributed by atoms with Gasteiger partial charge in [-0.15, -0.1) is 0 Å². The number of ether oxygens (including phenoxy) is 2. The summed E-state index contributed by atoms with van der Waals surface area (Å²) in [5, 5.41) is 0. The van der Waals surface area contributed by atoms with Crippen LogP contribution < -0.4 is 0 Å². The molecule has 0 aliphatic carbocycles. The minimum Gasteiger partial charge on any atom is -0.378 e. The molecule has 0 unspecified atom stereocenters. The molecule has 0 aromatic heterocycles. The first-order valence-electron chi connectivity index (χ1n) is 5.56. The SMILES string of the molecule is CCCC[C@H](CC)COC[C@@H]1CO1. The Kier molecular flexibility index (Phi) is 5.40. The summed E-state index contributed by atoms with van der Waals surface area (Å²) in [4.78, 5) is 0. The Bertz CT molecular complexity index is 121. The number of unbranched alkanes of at least 4 members (excludes halogenated alkanes) is 1.